The Morgan fingerprint density at radius 1 is 0.389 bits per heavy atom. The summed E-state index contributed by atoms with van der Waals surface area (Å²) in [6, 6.07) is 22.3. The van der Waals surface area contributed by atoms with Crippen LogP contribution in [0.2, 0.25) is 0 Å². The molecular formula is C18H10. The number of hydrogen-bond donors (Lipinski definition) is 0. The molecule has 5 aromatic rings. The van der Waals surface area contributed by atoms with Crippen molar-refractivity contribution in [1.82, 2.24) is 0 Å². The fourth-order valence-electron chi connectivity index (χ4n) is 3.36. The van der Waals surface area contributed by atoms with E-state index in [2.05, 4.69) is 60.7 Å². The van der Waals surface area contributed by atoms with E-state index >= 15 is 0 Å². The highest BCUT2D eigenvalue weighted by Gasteiger charge is 2.12. The van der Waals surface area contributed by atoms with E-state index in [1.165, 1.54) is 43.1 Å². The first-order valence-corrected chi connectivity index (χ1v) is 6.30. The van der Waals surface area contributed by atoms with Gasteiger partial charge in [0.2, 0.25) is 0 Å². The largest absolute Gasteiger partial charge is 0.0610 e. The van der Waals surface area contributed by atoms with Crippen LogP contribution < -0.4 is 0 Å². The maximum absolute atomic E-state index is 2.31. The van der Waals surface area contributed by atoms with Crippen molar-refractivity contribution in [3.05, 3.63) is 60.7 Å². The van der Waals surface area contributed by atoms with Crippen molar-refractivity contribution in [2.45, 2.75) is 0 Å². The fraction of sp³-hybridized carbons (Fsp3) is 0. The van der Waals surface area contributed by atoms with Gasteiger partial charge in [0.05, 0.1) is 0 Å². The minimum absolute atomic E-state index is 1.34. The second kappa shape index (κ2) is 2.73. The Kier molecular flexibility index (Phi) is 1.32. The van der Waals surface area contributed by atoms with Crippen molar-refractivity contribution in [3.8, 4) is 0 Å². The number of rotatable bonds is 0. The minimum atomic E-state index is 1.34. The van der Waals surface area contributed by atoms with Crippen molar-refractivity contribution < 1.29 is 0 Å². The third kappa shape index (κ3) is 0.853. The normalized spacial score (nSPS) is 12.4. The molecule has 0 saturated heterocycles. The van der Waals surface area contributed by atoms with E-state index in [9.17, 15) is 0 Å². The van der Waals surface area contributed by atoms with E-state index in [-0.39, 0.29) is 0 Å². The summed E-state index contributed by atoms with van der Waals surface area (Å²) < 4.78 is 0. The Bertz CT molecular complexity index is 1010. The molecule has 0 heteroatoms. The topological polar surface area (TPSA) is 0 Å². The van der Waals surface area contributed by atoms with Crippen LogP contribution >= 0.6 is 0 Å². The third-order valence-electron chi connectivity index (χ3n) is 4.13. The molecule has 18 heavy (non-hydrogen) atoms. The van der Waals surface area contributed by atoms with Gasteiger partial charge in [0, 0.05) is 0 Å². The van der Waals surface area contributed by atoms with Crippen LogP contribution in [0.4, 0.5) is 0 Å². The highest BCUT2D eigenvalue weighted by molar-refractivity contribution is 6.31. The van der Waals surface area contributed by atoms with E-state index in [1.54, 1.807) is 0 Å². The maximum atomic E-state index is 2.31. The van der Waals surface area contributed by atoms with E-state index < -0.39 is 0 Å². The van der Waals surface area contributed by atoms with E-state index in [0.29, 0.717) is 0 Å². The molecule has 0 saturated carbocycles. The lowest BCUT2D eigenvalue weighted by Crippen LogP contribution is -1.68. The Morgan fingerprint density at radius 3 is 1.56 bits per heavy atom. The molecule has 5 aromatic carbocycles. The van der Waals surface area contributed by atoms with E-state index in [4.69, 9.17) is 0 Å². The first-order valence-electron chi connectivity index (χ1n) is 6.30. The predicted octanol–water partition coefficient (Wildman–Crippen LogP) is 5.18. The molecule has 0 heterocycles. The summed E-state index contributed by atoms with van der Waals surface area (Å²) in [7, 11) is 0. The Hall–Kier alpha value is -2.34. The first-order chi connectivity index (χ1) is 8.92. The van der Waals surface area contributed by atoms with E-state index in [0.717, 1.165) is 0 Å². The SMILES string of the molecule is c1cc2ccc3ccc4ccc5cc(c1)c2c5c34. The van der Waals surface area contributed by atoms with Crippen molar-refractivity contribution in [2.75, 3.05) is 0 Å². The first kappa shape index (κ1) is 8.71. The monoisotopic (exact) mass is 226 g/mol. The molecule has 0 aliphatic rings. The number of benzene rings is 2. The molecule has 0 nitrogen and oxygen atoms in total. The van der Waals surface area contributed by atoms with Crippen LogP contribution in [0, 0.1) is 0 Å². The van der Waals surface area contributed by atoms with Crippen molar-refractivity contribution in [2.24, 2.45) is 0 Å². The van der Waals surface area contributed by atoms with Crippen LogP contribution in [0.15, 0.2) is 60.7 Å². The summed E-state index contributed by atoms with van der Waals surface area (Å²) in [6.45, 7) is 0. The number of hydrogen-bond acceptors (Lipinski definition) is 0. The molecule has 5 rings (SSSR count). The molecule has 0 spiro atoms. The molecule has 0 N–H and O–H groups in total. The Morgan fingerprint density at radius 2 is 0.833 bits per heavy atom. The predicted molar refractivity (Wildman–Crippen MR) is 78.8 cm³/mol. The molecule has 0 aliphatic carbocycles. The highest BCUT2D eigenvalue weighted by atomic mass is 14.1. The van der Waals surface area contributed by atoms with Crippen molar-refractivity contribution in [3.63, 3.8) is 0 Å². The van der Waals surface area contributed by atoms with Crippen molar-refractivity contribution in [1.29, 1.82) is 0 Å². The van der Waals surface area contributed by atoms with Gasteiger partial charge in [-0.1, -0.05) is 54.6 Å². The van der Waals surface area contributed by atoms with Gasteiger partial charge in [0.25, 0.3) is 0 Å². The van der Waals surface area contributed by atoms with Crippen LogP contribution in [0.25, 0.3) is 43.1 Å². The summed E-state index contributed by atoms with van der Waals surface area (Å²) in [4.78, 5) is 0. The van der Waals surface area contributed by atoms with Gasteiger partial charge in [-0.15, -0.1) is 0 Å². The second-order valence-electron chi connectivity index (χ2n) is 5.07. The molecule has 0 fully saturated rings. The molecule has 82 valence electrons. The summed E-state index contributed by atoms with van der Waals surface area (Å²) in [6.07, 6.45) is 0. The lowest BCUT2D eigenvalue weighted by molar-refractivity contribution is 1.88. The zero-order valence-corrected chi connectivity index (χ0v) is 9.77. The Balaban J connectivity index is 2.38. The minimum Gasteiger partial charge on any atom is -0.0610 e. The van der Waals surface area contributed by atoms with Gasteiger partial charge < -0.3 is 0 Å². The Labute approximate surface area is 104 Å². The average Bonchev–Trinajstić information content (AvgIpc) is 2.91. The van der Waals surface area contributed by atoms with Gasteiger partial charge in [0.1, 0.15) is 0 Å². The summed E-state index contributed by atoms with van der Waals surface area (Å²) in [5, 5.41) is 11.0. The second-order valence-corrected chi connectivity index (χ2v) is 5.07. The van der Waals surface area contributed by atoms with Gasteiger partial charge >= 0.3 is 0 Å². The van der Waals surface area contributed by atoms with Gasteiger partial charge in [-0.05, 0) is 49.2 Å². The molecule has 0 aromatic heterocycles. The smallest absolute Gasteiger partial charge is 0.00145 e. The van der Waals surface area contributed by atoms with Gasteiger partial charge in [-0.2, -0.15) is 0 Å². The van der Waals surface area contributed by atoms with Crippen LogP contribution in [-0.4, -0.2) is 0 Å². The van der Waals surface area contributed by atoms with Crippen LogP contribution in [0.3, 0.4) is 0 Å². The van der Waals surface area contributed by atoms with Gasteiger partial charge in [-0.3, -0.25) is 0 Å². The maximum Gasteiger partial charge on any atom is -0.00145 e. The highest BCUT2D eigenvalue weighted by Crippen LogP contribution is 2.40. The van der Waals surface area contributed by atoms with Crippen molar-refractivity contribution >= 4 is 43.1 Å². The molecule has 0 bridgehead atoms. The van der Waals surface area contributed by atoms with E-state index in [1.807, 2.05) is 0 Å². The summed E-state index contributed by atoms with van der Waals surface area (Å²) in [5.74, 6) is 0. The lowest BCUT2D eigenvalue weighted by atomic mass is 10.1. The summed E-state index contributed by atoms with van der Waals surface area (Å²) >= 11 is 0. The average molecular weight is 226 g/mol. The van der Waals surface area contributed by atoms with Crippen LogP contribution in [0.5, 0.6) is 0 Å². The molecule has 0 amide bonds. The zero-order chi connectivity index (χ0) is 11.7. The standard InChI is InChI=1S/C18H10/c1-2-11-4-5-12-6-7-13-8-9-15-10-14(3-1)17(11)18(15)16(12)13/h1-10H. The molecule has 0 aliphatic heterocycles. The third-order valence-corrected chi connectivity index (χ3v) is 4.13. The van der Waals surface area contributed by atoms with Crippen LogP contribution in [-0.2, 0) is 0 Å². The molecule has 0 atom stereocenters. The zero-order valence-electron chi connectivity index (χ0n) is 9.77. The molecular weight excluding hydrogens is 216 g/mol. The summed E-state index contributed by atoms with van der Waals surface area (Å²) in [5.41, 5.74) is 0. The van der Waals surface area contributed by atoms with Gasteiger partial charge in [0.15, 0.2) is 0 Å². The van der Waals surface area contributed by atoms with Crippen LogP contribution in [0.1, 0.15) is 0 Å². The molecule has 0 unspecified atom stereocenters. The van der Waals surface area contributed by atoms with Gasteiger partial charge in [-0.25, -0.2) is 0 Å². The fourth-order valence-corrected chi connectivity index (χ4v) is 3.36. The molecule has 0 radical (unpaired) electrons. The lowest BCUT2D eigenvalue weighted by Gasteiger charge is -1.97. The quantitative estimate of drug-likeness (QED) is 0.341.